The van der Waals surface area contributed by atoms with Crippen LogP contribution in [0.25, 0.3) is 0 Å². The van der Waals surface area contributed by atoms with Gasteiger partial charge in [0.2, 0.25) is 5.91 Å². The predicted molar refractivity (Wildman–Crippen MR) is 34.9 cm³/mol. The van der Waals surface area contributed by atoms with Crippen molar-refractivity contribution in [3.05, 3.63) is 0 Å². The van der Waals surface area contributed by atoms with Crippen molar-refractivity contribution in [2.24, 2.45) is 5.73 Å². The smallest absolute Gasteiger partial charge is 0.231 e. The lowest BCUT2D eigenvalue weighted by molar-refractivity contribution is -0.117. The Morgan fingerprint density at radius 1 is 1.56 bits per heavy atom. The molecule has 54 valence electrons. The highest BCUT2D eigenvalue weighted by atomic mass is 16.1. The Bertz CT molecular complexity index is 113. The number of Topliss-reactive ketones (excluding diaryl/α,β-unsaturated/α-hetero) is 1. The Hall–Kier alpha value is -0.900. The third kappa shape index (κ3) is 7.10. The lowest BCUT2D eigenvalue weighted by Gasteiger charge is -1.95. The molecule has 0 aromatic heterocycles. The minimum absolute atomic E-state index is 0. The molecule has 0 saturated carbocycles. The summed E-state index contributed by atoms with van der Waals surface area (Å²) in [5.74, 6) is -0.451. The van der Waals surface area contributed by atoms with E-state index in [-0.39, 0.29) is 20.3 Å². The van der Waals surface area contributed by atoms with Crippen molar-refractivity contribution >= 4 is 11.7 Å². The van der Waals surface area contributed by atoms with Crippen molar-refractivity contribution in [1.82, 2.24) is 5.32 Å². The first-order valence-electron chi connectivity index (χ1n) is 2.61. The van der Waals surface area contributed by atoms with Gasteiger partial charge < -0.3 is 11.1 Å². The van der Waals surface area contributed by atoms with Crippen LogP contribution in [0.1, 0.15) is 8.35 Å². The molecule has 0 atom stereocenters. The molecule has 4 heteroatoms. The van der Waals surface area contributed by atoms with E-state index in [0.29, 0.717) is 0 Å². The molecule has 3 N–H and O–H groups in total. The van der Waals surface area contributed by atoms with Gasteiger partial charge in [-0.25, -0.2) is 0 Å². The zero-order valence-corrected chi connectivity index (χ0v) is 5.31. The number of primary amides is 1. The number of carbonyl (C=O) groups excluding carboxylic acids is 2. The van der Waals surface area contributed by atoms with Gasteiger partial charge in [0.1, 0.15) is 5.78 Å². The van der Waals surface area contributed by atoms with Gasteiger partial charge in [-0.15, -0.1) is 0 Å². The third-order valence-electron chi connectivity index (χ3n) is 0.673. The van der Waals surface area contributed by atoms with Gasteiger partial charge in [0.25, 0.3) is 0 Å². The van der Waals surface area contributed by atoms with Gasteiger partial charge in [0.05, 0.1) is 13.1 Å². The molecule has 0 bridgehead atoms. The molecule has 0 heterocycles. The largest absolute Gasteiger partial charge is 0.369 e. The molecule has 0 radical (unpaired) electrons. The number of hydrogen-bond acceptors (Lipinski definition) is 3. The number of ketones is 1. The summed E-state index contributed by atoms with van der Waals surface area (Å²) in [7, 11) is 0. The SMILES string of the molecule is CC(=O)CNCC(N)=O.[HH]. The van der Waals surface area contributed by atoms with E-state index in [1.807, 2.05) is 0 Å². The number of hydrogen-bond donors (Lipinski definition) is 2. The van der Waals surface area contributed by atoms with Gasteiger partial charge in [0, 0.05) is 1.43 Å². The first-order valence-corrected chi connectivity index (χ1v) is 2.61. The number of amides is 1. The molecule has 0 aromatic carbocycles. The minimum atomic E-state index is -0.448. The second kappa shape index (κ2) is 4.03. The zero-order chi connectivity index (χ0) is 7.28. The van der Waals surface area contributed by atoms with Gasteiger partial charge in [-0.1, -0.05) is 0 Å². The van der Waals surface area contributed by atoms with Crippen LogP contribution in [-0.4, -0.2) is 24.8 Å². The van der Waals surface area contributed by atoms with Crippen LogP contribution in [0.15, 0.2) is 0 Å². The summed E-state index contributed by atoms with van der Waals surface area (Å²) >= 11 is 0. The molecule has 0 rings (SSSR count). The molecule has 0 aliphatic heterocycles. The summed E-state index contributed by atoms with van der Waals surface area (Å²) in [6.45, 7) is 1.72. The minimum Gasteiger partial charge on any atom is -0.369 e. The molecule has 0 unspecified atom stereocenters. The van der Waals surface area contributed by atoms with Crippen molar-refractivity contribution in [2.75, 3.05) is 13.1 Å². The van der Waals surface area contributed by atoms with Crippen molar-refractivity contribution in [3.63, 3.8) is 0 Å². The maximum absolute atomic E-state index is 10.2. The fraction of sp³-hybridized carbons (Fsp3) is 0.600. The molecular formula is C5H12N2O2. The number of carbonyl (C=O) groups is 2. The van der Waals surface area contributed by atoms with E-state index >= 15 is 0 Å². The molecule has 0 fully saturated rings. The first-order chi connectivity index (χ1) is 4.13. The fourth-order valence-corrected chi connectivity index (χ4v) is 0.362. The Labute approximate surface area is 54.9 Å². The summed E-state index contributed by atoms with van der Waals surface area (Å²) in [4.78, 5) is 20.2. The summed E-state index contributed by atoms with van der Waals surface area (Å²) in [6.07, 6.45) is 0. The fourth-order valence-electron chi connectivity index (χ4n) is 0.362. The van der Waals surface area contributed by atoms with Crippen LogP contribution in [0.2, 0.25) is 0 Å². The van der Waals surface area contributed by atoms with Gasteiger partial charge >= 0.3 is 0 Å². The second-order valence-electron chi connectivity index (χ2n) is 1.77. The van der Waals surface area contributed by atoms with Crippen molar-refractivity contribution < 1.29 is 11.0 Å². The van der Waals surface area contributed by atoms with Crippen molar-refractivity contribution in [3.8, 4) is 0 Å². The van der Waals surface area contributed by atoms with Crippen LogP contribution < -0.4 is 11.1 Å². The Morgan fingerprint density at radius 2 is 2.11 bits per heavy atom. The molecular weight excluding hydrogens is 120 g/mol. The predicted octanol–water partition coefficient (Wildman–Crippen LogP) is -1.10. The van der Waals surface area contributed by atoms with E-state index < -0.39 is 5.91 Å². The highest BCUT2D eigenvalue weighted by molar-refractivity contribution is 5.79. The molecule has 0 aromatic rings. The summed E-state index contributed by atoms with van der Waals surface area (Å²) in [6, 6.07) is 0. The van der Waals surface area contributed by atoms with E-state index in [4.69, 9.17) is 5.73 Å². The van der Waals surface area contributed by atoms with Crippen LogP contribution in [0.3, 0.4) is 0 Å². The molecule has 1 amide bonds. The molecule has 9 heavy (non-hydrogen) atoms. The average molecular weight is 132 g/mol. The molecule has 0 saturated heterocycles. The Kier molecular flexibility index (Phi) is 3.62. The van der Waals surface area contributed by atoms with Gasteiger partial charge in [-0.3, -0.25) is 9.59 Å². The Balaban J connectivity index is 0. The number of nitrogens with two attached hydrogens (primary N) is 1. The quantitative estimate of drug-likeness (QED) is 0.509. The Morgan fingerprint density at radius 3 is 2.44 bits per heavy atom. The van der Waals surface area contributed by atoms with E-state index in [0.717, 1.165) is 0 Å². The van der Waals surface area contributed by atoms with Crippen molar-refractivity contribution in [2.45, 2.75) is 6.92 Å². The maximum atomic E-state index is 10.2. The molecule has 0 spiro atoms. The van der Waals surface area contributed by atoms with Crippen LogP contribution in [0, 0.1) is 0 Å². The van der Waals surface area contributed by atoms with E-state index in [2.05, 4.69) is 5.32 Å². The van der Waals surface area contributed by atoms with Gasteiger partial charge in [-0.05, 0) is 6.92 Å². The normalized spacial score (nSPS) is 9.00. The lowest BCUT2D eigenvalue weighted by Crippen LogP contribution is -2.31. The molecule has 0 aliphatic carbocycles. The van der Waals surface area contributed by atoms with Crippen molar-refractivity contribution in [1.29, 1.82) is 0 Å². The molecule has 4 nitrogen and oxygen atoms in total. The first kappa shape index (κ1) is 8.10. The van der Waals surface area contributed by atoms with E-state index in [1.54, 1.807) is 0 Å². The van der Waals surface area contributed by atoms with Gasteiger partial charge in [0.15, 0.2) is 0 Å². The monoisotopic (exact) mass is 132 g/mol. The summed E-state index contributed by atoms with van der Waals surface area (Å²) in [5.41, 5.74) is 4.77. The zero-order valence-electron chi connectivity index (χ0n) is 5.31. The van der Waals surface area contributed by atoms with Crippen LogP contribution in [-0.2, 0) is 9.59 Å². The van der Waals surface area contributed by atoms with Gasteiger partial charge in [-0.2, -0.15) is 0 Å². The van der Waals surface area contributed by atoms with Crippen LogP contribution in [0.4, 0.5) is 0 Å². The standard InChI is InChI=1S/C5H10N2O2.H2/c1-4(8)2-7-3-5(6)9;/h7H,2-3H2,1H3,(H2,6,9);1H. The van der Waals surface area contributed by atoms with Crippen LogP contribution in [0.5, 0.6) is 0 Å². The third-order valence-corrected chi connectivity index (χ3v) is 0.673. The average Bonchev–Trinajstić information content (AvgIpc) is 1.63. The van der Waals surface area contributed by atoms with E-state index in [1.165, 1.54) is 6.92 Å². The maximum Gasteiger partial charge on any atom is 0.231 e. The molecule has 0 aliphatic rings. The summed E-state index contributed by atoms with van der Waals surface area (Å²) < 4.78 is 0. The lowest BCUT2D eigenvalue weighted by atomic mass is 10.4. The van der Waals surface area contributed by atoms with Crippen LogP contribution >= 0.6 is 0 Å². The topological polar surface area (TPSA) is 72.2 Å². The number of nitrogens with one attached hydrogen (secondary N) is 1. The summed E-state index contributed by atoms with van der Waals surface area (Å²) in [5, 5.41) is 2.56. The second-order valence-corrected chi connectivity index (χ2v) is 1.77. The highest BCUT2D eigenvalue weighted by Gasteiger charge is 1.93. The van der Waals surface area contributed by atoms with E-state index in [9.17, 15) is 9.59 Å². The highest BCUT2D eigenvalue weighted by Crippen LogP contribution is 1.62. The number of rotatable bonds is 4.